The van der Waals surface area contributed by atoms with Crippen molar-refractivity contribution in [3.05, 3.63) is 59.8 Å². The van der Waals surface area contributed by atoms with Crippen LogP contribution in [-0.4, -0.2) is 48.6 Å². The van der Waals surface area contributed by atoms with Crippen molar-refractivity contribution >= 4 is 35.6 Å². The van der Waals surface area contributed by atoms with E-state index in [-0.39, 0.29) is 0 Å². The highest BCUT2D eigenvalue weighted by atomic mass is 32.2. The largest absolute Gasteiger partial charge is 0.497 e. The van der Waals surface area contributed by atoms with Gasteiger partial charge in [0.2, 0.25) is 6.41 Å². The average Bonchev–Trinajstić information content (AvgIpc) is 2.88. The average molecular weight is 486 g/mol. The number of nitrogens with one attached hydrogen (secondary N) is 2. The monoisotopic (exact) mass is 485 g/mol. The van der Waals surface area contributed by atoms with Gasteiger partial charge in [-0.05, 0) is 74.8 Å². The van der Waals surface area contributed by atoms with E-state index in [1.165, 1.54) is 56.8 Å². The number of nitrogens with zero attached hydrogens (tertiary/aromatic N) is 1. The van der Waals surface area contributed by atoms with Gasteiger partial charge in [0.25, 0.3) is 0 Å². The van der Waals surface area contributed by atoms with Crippen molar-refractivity contribution in [1.82, 2.24) is 4.98 Å². The quantitative estimate of drug-likeness (QED) is 0.259. The minimum absolute atomic E-state index is 0.346. The Labute approximate surface area is 206 Å². The topological polar surface area (TPSA) is 89.5 Å². The molecule has 0 radical (unpaired) electrons. The van der Waals surface area contributed by atoms with Gasteiger partial charge in [0.05, 0.1) is 19.8 Å². The molecule has 1 aromatic heterocycles. The van der Waals surface area contributed by atoms with Gasteiger partial charge in [-0.25, -0.2) is 9.78 Å². The third-order valence-electron chi connectivity index (χ3n) is 5.37. The Morgan fingerprint density at radius 1 is 1.18 bits per heavy atom. The number of hydrogen-bond donors (Lipinski definition) is 2. The predicted octanol–water partition coefficient (Wildman–Crippen LogP) is 5.55. The number of amides is 1. The van der Waals surface area contributed by atoms with Crippen molar-refractivity contribution in [3.63, 3.8) is 0 Å². The van der Waals surface area contributed by atoms with E-state index in [0.29, 0.717) is 29.1 Å². The summed E-state index contributed by atoms with van der Waals surface area (Å²) in [4.78, 5) is 24.7. The second-order valence-corrected chi connectivity index (χ2v) is 9.17. The van der Waals surface area contributed by atoms with Gasteiger partial charge in [0, 0.05) is 23.2 Å². The van der Waals surface area contributed by atoms with Gasteiger partial charge in [-0.3, -0.25) is 4.79 Å². The first kappa shape index (κ1) is 27.2. The molecule has 3 rings (SSSR count). The first-order valence-corrected chi connectivity index (χ1v) is 12.5. The van der Waals surface area contributed by atoms with E-state index in [1.54, 1.807) is 12.7 Å². The predicted molar refractivity (Wildman–Crippen MR) is 140 cm³/mol. The maximum atomic E-state index is 10.9. The molecule has 0 aliphatic heterocycles. The van der Waals surface area contributed by atoms with Crippen molar-refractivity contribution in [2.24, 2.45) is 0 Å². The summed E-state index contributed by atoms with van der Waals surface area (Å²) in [6.07, 6.45) is 9.55. The van der Waals surface area contributed by atoms with E-state index >= 15 is 0 Å². The molecule has 2 N–H and O–H groups in total. The van der Waals surface area contributed by atoms with Crippen LogP contribution in [-0.2, 0) is 9.53 Å². The molecule has 1 amide bonds. The van der Waals surface area contributed by atoms with Gasteiger partial charge in [-0.15, -0.1) is 0 Å². The third-order valence-corrected chi connectivity index (χ3v) is 6.77. The Morgan fingerprint density at radius 2 is 1.94 bits per heavy atom. The molecule has 184 valence electrons. The number of pyridine rings is 1. The van der Waals surface area contributed by atoms with Crippen molar-refractivity contribution in [3.8, 4) is 5.75 Å². The number of carbonyl (C=O) groups excluding carboxylic acids is 2. The Balaban J connectivity index is 0.000000270. The van der Waals surface area contributed by atoms with Crippen LogP contribution in [0, 0.1) is 0 Å². The van der Waals surface area contributed by atoms with E-state index in [2.05, 4.69) is 64.2 Å². The lowest BCUT2D eigenvalue weighted by molar-refractivity contribution is -0.105. The second kappa shape index (κ2) is 15.0. The van der Waals surface area contributed by atoms with E-state index in [4.69, 9.17) is 4.74 Å². The molecule has 8 heteroatoms. The zero-order valence-electron chi connectivity index (χ0n) is 20.4. The smallest absolute Gasteiger partial charge is 0.339 e. The lowest BCUT2D eigenvalue weighted by Gasteiger charge is -2.29. The molecule has 1 aliphatic carbocycles. The van der Waals surface area contributed by atoms with Gasteiger partial charge in [0.15, 0.2) is 0 Å². The van der Waals surface area contributed by atoms with E-state index in [1.807, 2.05) is 12.1 Å². The number of benzene rings is 1. The minimum atomic E-state index is -0.454. The molecule has 0 bridgehead atoms. The Kier molecular flexibility index (Phi) is 12.0. The van der Waals surface area contributed by atoms with Gasteiger partial charge >= 0.3 is 5.97 Å². The summed E-state index contributed by atoms with van der Waals surface area (Å²) in [5.41, 5.74) is 3.15. The Morgan fingerprint density at radius 3 is 2.47 bits per heavy atom. The summed E-state index contributed by atoms with van der Waals surface area (Å²) >= 11 is 2.06. The van der Waals surface area contributed by atoms with Crippen molar-refractivity contribution < 1.29 is 19.1 Å². The van der Waals surface area contributed by atoms with E-state index in [0.717, 1.165) is 11.5 Å². The number of allylic oxidation sites excluding steroid dienone is 1. The van der Waals surface area contributed by atoms with Crippen LogP contribution in [0.2, 0.25) is 0 Å². The maximum Gasteiger partial charge on any atom is 0.339 e. The number of aromatic nitrogens is 1. The number of anilines is 2. The number of methoxy groups -OCH3 is 2. The molecule has 1 heterocycles. The van der Waals surface area contributed by atoms with Gasteiger partial charge < -0.3 is 20.1 Å². The molecule has 0 spiro atoms. The number of hydrogen-bond acceptors (Lipinski definition) is 7. The highest BCUT2D eigenvalue weighted by molar-refractivity contribution is 8.00. The molecule has 1 aromatic carbocycles. The van der Waals surface area contributed by atoms with Crippen LogP contribution in [0.1, 0.15) is 49.9 Å². The zero-order valence-corrected chi connectivity index (χ0v) is 21.2. The minimum Gasteiger partial charge on any atom is -0.497 e. The Bertz CT molecular complexity index is 917. The highest BCUT2D eigenvalue weighted by Gasteiger charge is 2.22. The van der Waals surface area contributed by atoms with E-state index in [9.17, 15) is 9.59 Å². The lowest BCUT2D eigenvalue weighted by atomic mass is 9.94. The molecule has 34 heavy (non-hydrogen) atoms. The molecule has 1 aliphatic rings. The molecular formula is C26H35N3O4S. The SMILES string of the molecule is CCSC(C1=CCCCC1)C(C)Nc1ccc(OC)cc1.COC(=O)c1ccc(NC=O)nc1. The van der Waals surface area contributed by atoms with Crippen molar-refractivity contribution in [1.29, 1.82) is 0 Å². The summed E-state index contributed by atoms with van der Waals surface area (Å²) in [6.45, 7) is 4.55. The van der Waals surface area contributed by atoms with Crippen LogP contribution in [0.3, 0.4) is 0 Å². The van der Waals surface area contributed by atoms with Crippen LogP contribution >= 0.6 is 11.8 Å². The first-order chi connectivity index (χ1) is 16.5. The van der Waals surface area contributed by atoms with E-state index < -0.39 is 5.97 Å². The number of ether oxygens (including phenoxy) is 2. The fourth-order valence-corrected chi connectivity index (χ4v) is 4.82. The second-order valence-electron chi connectivity index (χ2n) is 7.75. The van der Waals surface area contributed by atoms with Gasteiger partial charge in [0.1, 0.15) is 11.6 Å². The molecule has 2 aromatic rings. The molecule has 0 fully saturated rings. The fraction of sp³-hybridized carbons (Fsp3) is 0.423. The first-order valence-electron chi connectivity index (χ1n) is 11.5. The summed E-state index contributed by atoms with van der Waals surface area (Å²) in [5, 5.41) is 6.59. The molecule has 7 nitrogen and oxygen atoms in total. The number of carbonyl (C=O) groups is 2. The van der Waals surface area contributed by atoms with Gasteiger partial charge in [-0.1, -0.05) is 18.6 Å². The zero-order chi connectivity index (χ0) is 24.8. The van der Waals surface area contributed by atoms with Crippen LogP contribution in [0.5, 0.6) is 5.75 Å². The molecule has 0 saturated carbocycles. The molecule has 2 unspecified atom stereocenters. The third kappa shape index (κ3) is 8.74. The maximum absolute atomic E-state index is 10.9. The summed E-state index contributed by atoms with van der Waals surface area (Å²) in [5.74, 6) is 2.01. The summed E-state index contributed by atoms with van der Waals surface area (Å²) < 4.78 is 9.68. The summed E-state index contributed by atoms with van der Waals surface area (Å²) in [6, 6.07) is 11.7. The molecular weight excluding hydrogens is 450 g/mol. The standard InChI is InChI=1S/C18H27NOS.C8H8N2O3/c1-4-21-18(15-8-6-5-7-9-15)14(2)19-16-10-12-17(20-3)13-11-16;1-13-8(12)6-2-3-7(9-4-6)10-5-11/h8,10-14,18-19H,4-7,9H2,1-3H3;2-5H,1H3,(H,9,10,11). The van der Waals surface area contributed by atoms with Crippen LogP contribution in [0.4, 0.5) is 11.5 Å². The lowest BCUT2D eigenvalue weighted by Crippen LogP contribution is -2.30. The van der Waals surface area contributed by atoms with Gasteiger partial charge in [-0.2, -0.15) is 11.8 Å². The number of thioether (sulfide) groups is 1. The summed E-state index contributed by atoms with van der Waals surface area (Å²) in [7, 11) is 2.99. The van der Waals surface area contributed by atoms with Crippen LogP contribution < -0.4 is 15.4 Å². The number of esters is 1. The Hall–Kier alpha value is -3.00. The normalized spacial score (nSPS) is 14.4. The van der Waals surface area contributed by atoms with Crippen LogP contribution in [0.25, 0.3) is 0 Å². The molecule has 0 saturated heterocycles. The van der Waals surface area contributed by atoms with Crippen molar-refractivity contribution in [2.45, 2.75) is 50.8 Å². The van der Waals surface area contributed by atoms with Crippen molar-refractivity contribution in [2.75, 3.05) is 30.6 Å². The fourth-order valence-electron chi connectivity index (χ4n) is 3.68. The van der Waals surface area contributed by atoms with Crippen LogP contribution in [0.15, 0.2) is 54.2 Å². The highest BCUT2D eigenvalue weighted by Crippen LogP contribution is 2.31. The molecule has 2 atom stereocenters. The number of rotatable bonds is 10.